The van der Waals surface area contributed by atoms with Crippen molar-refractivity contribution >= 4 is 53.3 Å². The van der Waals surface area contributed by atoms with Crippen LogP contribution in [0.5, 0.6) is 5.75 Å². The molecule has 2 aromatic carbocycles. The SMILES string of the molecule is CC(=O)O.CC(C)[C@H](NC(=O)[C@H](Cc1ccc(O)cc1)NC(=O)[C@@H](NC(=O)[C@@H](N)CCCN=C(N)N)C(C)C)C(=O)N[C@@H](Cc1cnc[nH]1)C(=O)N1CCC[C@H]1C(=O)N[C@@H](Cc1ccccc1)C(=O)O. The maximum absolute atomic E-state index is 14.4. The summed E-state index contributed by atoms with van der Waals surface area (Å²) in [6, 6.07) is 6.59. The number of amides is 6. The van der Waals surface area contributed by atoms with Gasteiger partial charge in [0.2, 0.25) is 35.4 Å². The molecule has 0 unspecified atom stereocenters. The molecule has 0 radical (unpaired) electrons. The maximum atomic E-state index is 14.4. The second kappa shape index (κ2) is 28.1. The Hall–Kier alpha value is -7.56. The lowest BCUT2D eigenvalue weighted by Gasteiger charge is -2.31. The molecule has 382 valence electrons. The lowest BCUT2D eigenvalue weighted by molar-refractivity contribution is -0.145. The van der Waals surface area contributed by atoms with Crippen LogP contribution in [0.15, 0.2) is 72.1 Å². The summed E-state index contributed by atoms with van der Waals surface area (Å²) in [6.45, 7) is 8.29. The fourth-order valence-electron chi connectivity index (χ4n) is 7.47. The van der Waals surface area contributed by atoms with Gasteiger partial charge < -0.3 is 69.0 Å². The van der Waals surface area contributed by atoms with Crippen molar-refractivity contribution in [2.75, 3.05) is 13.1 Å². The second-order valence-corrected chi connectivity index (χ2v) is 17.6. The largest absolute Gasteiger partial charge is 0.508 e. The third kappa shape index (κ3) is 18.8. The number of phenols is 1. The number of aliphatic carboxylic acids is 2. The fourth-order valence-corrected chi connectivity index (χ4v) is 7.47. The van der Waals surface area contributed by atoms with Crippen LogP contribution in [0, 0.1) is 11.8 Å². The minimum Gasteiger partial charge on any atom is -0.508 e. The highest BCUT2D eigenvalue weighted by Crippen LogP contribution is 2.21. The highest BCUT2D eigenvalue weighted by Gasteiger charge is 2.40. The first-order valence-electron chi connectivity index (χ1n) is 22.9. The number of carboxylic acid groups (broad SMARTS) is 2. The minimum absolute atomic E-state index is 0.0230. The molecule has 6 amide bonds. The zero-order valence-corrected chi connectivity index (χ0v) is 40.1. The van der Waals surface area contributed by atoms with Crippen LogP contribution in [0.25, 0.3) is 0 Å². The summed E-state index contributed by atoms with van der Waals surface area (Å²) in [5.74, 6) is -7.23. The van der Waals surface area contributed by atoms with Gasteiger partial charge in [0.1, 0.15) is 42.0 Å². The van der Waals surface area contributed by atoms with Crippen molar-refractivity contribution in [3.05, 3.63) is 83.9 Å². The third-order valence-electron chi connectivity index (χ3n) is 11.1. The fraction of sp³-hybridized carbons (Fsp3) is 0.489. The number of nitrogens with two attached hydrogens (primary N) is 3. The average Bonchev–Trinajstić information content (AvgIpc) is 4.01. The van der Waals surface area contributed by atoms with Crippen molar-refractivity contribution in [1.29, 1.82) is 0 Å². The van der Waals surface area contributed by atoms with Gasteiger partial charge in [-0.25, -0.2) is 9.78 Å². The number of likely N-dealkylation sites (tertiary alicyclic amines) is 1. The number of hydrogen-bond acceptors (Lipinski definition) is 12. The molecule has 70 heavy (non-hydrogen) atoms. The first-order valence-corrected chi connectivity index (χ1v) is 22.9. The van der Waals surface area contributed by atoms with Gasteiger partial charge in [-0.2, -0.15) is 0 Å². The van der Waals surface area contributed by atoms with Crippen molar-refractivity contribution in [3.8, 4) is 5.75 Å². The van der Waals surface area contributed by atoms with Gasteiger partial charge in [-0.1, -0.05) is 70.2 Å². The van der Waals surface area contributed by atoms with Gasteiger partial charge in [0.15, 0.2) is 5.96 Å². The molecule has 1 aliphatic rings. The van der Waals surface area contributed by atoms with Gasteiger partial charge >= 0.3 is 5.97 Å². The molecule has 1 aliphatic heterocycles. The lowest BCUT2D eigenvalue weighted by atomic mass is 9.98. The molecule has 1 fully saturated rings. The number of aromatic hydroxyl groups is 1. The van der Waals surface area contributed by atoms with E-state index in [1.165, 1.54) is 29.6 Å². The van der Waals surface area contributed by atoms with Crippen molar-refractivity contribution in [2.45, 2.75) is 122 Å². The molecule has 1 saturated heterocycles. The lowest BCUT2D eigenvalue weighted by Crippen LogP contribution is -2.61. The van der Waals surface area contributed by atoms with Crippen LogP contribution >= 0.6 is 0 Å². The molecule has 23 nitrogen and oxygen atoms in total. The van der Waals surface area contributed by atoms with Gasteiger partial charge in [-0.15, -0.1) is 0 Å². The Balaban J connectivity index is 0.00000311. The Morgan fingerprint density at radius 3 is 1.86 bits per heavy atom. The van der Waals surface area contributed by atoms with Gasteiger partial charge in [-0.05, 0) is 60.8 Å². The number of aromatic nitrogens is 2. The second-order valence-electron chi connectivity index (χ2n) is 17.6. The number of aliphatic imine (C=N–C) groups is 1. The Morgan fingerprint density at radius 1 is 0.757 bits per heavy atom. The molecule has 2 heterocycles. The number of carbonyl (C=O) groups excluding carboxylic acids is 6. The van der Waals surface area contributed by atoms with E-state index in [-0.39, 0.29) is 56.9 Å². The van der Waals surface area contributed by atoms with Crippen LogP contribution in [0.3, 0.4) is 0 Å². The van der Waals surface area contributed by atoms with E-state index in [0.29, 0.717) is 29.7 Å². The number of hydrogen-bond donors (Lipinski definition) is 12. The highest BCUT2D eigenvalue weighted by molar-refractivity contribution is 5.97. The van der Waals surface area contributed by atoms with Crippen LogP contribution in [-0.2, 0) is 57.6 Å². The molecule has 0 aliphatic carbocycles. The number of imidazole rings is 1. The van der Waals surface area contributed by atoms with Crippen LogP contribution in [0.4, 0.5) is 0 Å². The molecule has 1 aromatic heterocycles. The van der Waals surface area contributed by atoms with Gasteiger partial charge in [0, 0.05) is 51.2 Å². The molecule has 15 N–H and O–H groups in total. The number of H-pyrrole nitrogens is 1. The quantitative estimate of drug-likeness (QED) is 0.0304. The summed E-state index contributed by atoms with van der Waals surface area (Å²) in [5.41, 5.74) is 18.6. The zero-order valence-electron chi connectivity index (χ0n) is 40.1. The predicted octanol–water partition coefficient (Wildman–Crippen LogP) is -0.573. The molecular formula is C47H68N12O11. The maximum Gasteiger partial charge on any atom is 0.326 e. The standard InChI is InChI=1S/C45H64N12O9.C2H4O2/c1-25(2)36(55-38(59)31(46)12-8-18-50-45(47)48)41(62)52-32(20-28-14-16-30(58)17-15-28)39(60)56-37(26(3)4)42(63)53-33(22-29-23-49-24-51-29)43(64)57-19-9-13-35(57)40(61)54-34(44(65)66)21-27-10-6-5-7-11-27;1-2(3)4/h5-7,10-11,14-17,23-26,31-37,58H,8-9,12-13,18-22,46H2,1-4H3,(H,49,51)(H,52,62)(H,53,63)(H,54,61)(H,55,59)(H,56,60)(H,65,66)(H4,47,48,50);1H3,(H,3,4)/t31-,32-,33-,34-,35-,36-,37-;/m0./s1. The summed E-state index contributed by atoms with van der Waals surface area (Å²) in [5, 5.41) is 40.8. The number of benzene rings is 2. The number of rotatable bonds is 24. The summed E-state index contributed by atoms with van der Waals surface area (Å²) in [6.07, 6.45) is 4.10. The van der Waals surface area contributed by atoms with Crippen LogP contribution in [0.2, 0.25) is 0 Å². The van der Waals surface area contributed by atoms with E-state index in [9.17, 15) is 43.8 Å². The summed E-state index contributed by atoms with van der Waals surface area (Å²) < 4.78 is 0. The molecule has 0 saturated carbocycles. The first-order chi connectivity index (χ1) is 33.1. The molecule has 7 atom stereocenters. The number of aromatic amines is 1. The number of carboxylic acids is 2. The van der Waals surface area contributed by atoms with Gasteiger partial charge in [0.05, 0.1) is 12.4 Å². The van der Waals surface area contributed by atoms with Crippen molar-refractivity contribution < 1.29 is 53.7 Å². The Morgan fingerprint density at radius 2 is 1.31 bits per heavy atom. The third-order valence-corrected chi connectivity index (χ3v) is 11.1. The van der Waals surface area contributed by atoms with Crippen LogP contribution < -0.4 is 43.8 Å². The smallest absolute Gasteiger partial charge is 0.326 e. The number of nitrogens with zero attached hydrogens (tertiary/aromatic N) is 3. The first kappa shape index (κ1) is 56.8. The van der Waals surface area contributed by atoms with E-state index in [2.05, 4.69) is 41.5 Å². The normalized spacial score (nSPS) is 15.7. The van der Waals surface area contributed by atoms with Crippen molar-refractivity contribution in [1.82, 2.24) is 41.5 Å². The molecule has 3 aromatic rings. The number of guanidine groups is 1. The van der Waals surface area contributed by atoms with E-state index in [0.717, 1.165) is 6.92 Å². The zero-order chi connectivity index (χ0) is 52.1. The number of phenolic OH excluding ortho intramolecular Hbond substituents is 1. The predicted molar refractivity (Wildman–Crippen MR) is 257 cm³/mol. The van der Waals surface area contributed by atoms with E-state index < -0.39 is 102 Å². The Kier molecular flexibility index (Phi) is 22.8. The van der Waals surface area contributed by atoms with Crippen molar-refractivity contribution in [2.24, 2.45) is 34.0 Å². The number of nitrogens with one attached hydrogen (secondary N) is 6. The van der Waals surface area contributed by atoms with Gasteiger partial charge in [0.25, 0.3) is 5.97 Å². The minimum atomic E-state index is -1.30. The van der Waals surface area contributed by atoms with Crippen LogP contribution in [-0.4, -0.2) is 139 Å². The Bertz CT molecular complexity index is 2230. The molecule has 4 rings (SSSR count). The molecular weight excluding hydrogens is 909 g/mol. The molecule has 23 heteroatoms. The monoisotopic (exact) mass is 977 g/mol. The number of carbonyl (C=O) groups is 8. The molecule has 0 spiro atoms. The van der Waals surface area contributed by atoms with Gasteiger partial charge in [-0.3, -0.25) is 38.6 Å². The topological polar surface area (TPSA) is 380 Å². The molecule has 0 bridgehead atoms. The Labute approximate surface area is 406 Å². The summed E-state index contributed by atoms with van der Waals surface area (Å²) in [7, 11) is 0. The van der Waals surface area contributed by atoms with Crippen molar-refractivity contribution in [3.63, 3.8) is 0 Å². The van der Waals surface area contributed by atoms with E-state index >= 15 is 0 Å². The summed E-state index contributed by atoms with van der Waals surface area (Å²) in [4.78, 5) is 117. The van der Waals surface area contributed by atoms with E-state index in [1.807, 2.05) is 0 Å². The average molecular weight is 977 g/mol. The van der Waals surface area contributed by atoms with E-state index in [1.54, 1.807) is 70.2 Å². The van der Waals surface area contributed by atoms with Crippen LogP contribution in [0.1, 0.15) is 77.1 Å². The van der Waals surface area contributed by atoms with E-state index in [4.69, 9.17) is 27.1 Å². The summed E-state index contributed by atoms with van der Waals surface area (Å²) >= 11 is 0. The highest BCUT2D eigenvalue weighted by atomic mass is 16.4.